The third-order valence-electron chi connectivity index (χ3n) is 6.33. The fourth-order valence-electron chi connectivity index (χ4n) is 4.83. The molecule has 154 valence electrons. The number of aromatic nitrogens is 2. The average Bonchev–Trinajstić information content (AvgIpc) is 3.49. The first-order chi connectivity index (χ1) is 14.7. The van der Waals surface area contributed by atoms with Crippen molar-refractivity contribution in [1.82, 2.24) is 19.9 Å². The third-order valence-corrected chi connectivity index (χ3v) is 6.33. The van der Waals surface area contributed by atoms with E-state index >= 15 is 0 Å². The molecule has 30 heavy (non-hydrogen) atoms. The number of hydrogen-bond donors (Lipinski definition) is 0. The van der Waals surface area contributed by atoms with E-state index in [0.29, 0.717) is 39.9 Å². The van der Waals surface area contributed by atoms with Gasteiger partial charge in [0.1, 0.15) is 5.69 Å². The Bertz CT molecular complexity index is 1160. The molecule has 2 aromatic heterocycles. The van der Waals surface area contributed by atoms with E-state index in [1.807, 2.05) is 36.1 Å². The Morgan fingerprint density at radius 1 is 1.13 bits per heavy atom. The summed E-state index contributed by atoms with van der Waals surface area (Å²) in [5, 5.41) is 4.91. The lowest BCUT2D eigenvalue weighted by Crippen LogP contribution is -2.52. The van der Waals surface area contributed by atoms with Crippen LogP contribution in [0.25, 0.3) is 22.4 Å². The van der Waals surface area contributed by atoms with Crippen molar-refractivity contribution in [2.24, 2.45) is 0 Å². The fourth-order valence-corrected chi connectivity index (χ4v) is 4.83. The Balaban J connectivity index is 1.42. The number of hydrogen-bond acceptors (Lipinski definition) is 7. The van der Waals surface area contributed by atoms with E-state index in [-0.39, 0.29) is 12.7 Å². The molecule has 0 saturated carbocycles. The predicted molar refractivity (Wildman–Crippen MR) is 109 cm³/mol. The van der Waals surface area contributed by atoms with E-state index in [0.717, 1.165) is 43.9 Å². The van der Waals surface area contributed by atoms with E-state index in [9.17, 15) is 4.79 Å². The monoisotopic (exact) mass is 406 g/mol. The molecule has 2 saturated heterocycles. The minimum atomic E-state index is 0.0160. The molecule has 1 aromatic carbocycles. The molecule has 6 rings (SSSR count). The number of carbonyl (C=O) groups excluding carboxylic acids is 1. The smallest absolute Gasteiger partial charge is 0.259 e. The molecule has 0 bridgehead atoms. The van der Waals surface area contributed by atoms with Crippen LogP contribution in [0.2, 0.25) is 0 Å². The molecule has 8 nitrogen and oxygen atoms in total. The summed E-state index contributed by atoms with van der Waals surface area (Å²) in [5.41, 5.74) is 3.11. The first kappa shape index (κ1) is 17.7. The molecule has 0 radical (unpaired) electrons. The third kappa shape index (κ3) is 2.74. The van der Waals surface area contributed by atoms with E-state index in [2.05, 4.69) is 15.0 Å². The molecule has 2 fully saturated rings. The SMILES string of the molecule is Cc1cc(C(=O)N2CCN3CCC[C@H]3C2)c2c(-c3ccc4c(c3)OCO4)noc2n1. The second-order valence-corrected chi connectivity index (χ2v) is 8.17. The zero-order valence-electron chi connectivity index (χ0n) is 16.8. The van der Waals surface area contributed by atoms with Gasteiger partial charge >= 0.3 is 0 Å². The van der Waals surface area contributed by atoms with Crippen LogP contribution in [0.5, 0.6) is 11.5 Å². The van der Waals surface area contributed by atoms with Crippen molar-refractivity contribution >= 4 is 17.0 Å². The molecule has 3 aromatic rings. The lowest BCUT2D eigenvalue weighted by atomic mass is 10.0. The van der Waals surface area contributed by atoms with E-state index in [4.69, 9.17) is 14.0 Å². The van der Waals surface area contributed by atoms with Gasteiger partial charge in [0.15, 0.2) is 11.5 Å². The lowest BCUT2D eigenvalue weighted by molar-refractivity contribution is 0.0573. The van der Waals surface area contributed by atoms with E-state index < -0.39 is 0 Å². The van der Waals surface area contributed by atoms with Crippen LogP contribution in [0, 0.1) is 6.92 Å². The number of pyridine rings is 1. The number of nitrogens with zero attached hydrogens (tertiary/aromatic N) is 4. The maximum Gasteiger partial charge on any atom is 0.259 e. The summed E-state index contributed by atoms with van der Waals surface area (Å²) in [6.45, 7) is 5.66. The highest BCUT2D eigenvalue weighted by Gasteiger charge is 2.34. The summed E-state index contributed by atoms with van der Waals surface area (Å²) in [6.07, 6.45) is 2.37. The van der Waals surface area contributed by atoms with Crippen LogP contribution >= 0.6 is 0 Å². The maximum atomic E-state index is 13.6. The summed E-state index contributed by atoms with van der Waals surface area (Å²) < 4.78 is 16.5. The summed E-state index contributed by atoms with van der Waals surface area (Å²) in [5.74, 6) is 1.38. The Morgan fingerprint density at radius 3 is 2.97 bits per heavy atom. The molecule has 3 aliphatic heterocycles. The molecular formula is C22H22N4O4. The van der Waals surface area contributed by atoms with E-state index in [1.165, 1.54) is 6.42 Å². The molecule has 8 heteroatoms. The van der Waals surface area contributed by atoms with Gasteiger partial charge in [-0.05, 0) is 50.6 Å². The normalized spacial score (nSPS) is 20.7. The highest BCUT2D eigenvalue weighted by Crippen LogP contribution is 2.38. The van der Waals surface area contributed by atoms with Gasteiger partial charge < -0.3 is 18.9 Å². The van der Waals surface area contributed by atoms with Gasteiger partial charge in [0, 0.05) is 36.9 Å². The topological polar surface area (TPSA) is 80.9 Å². The van der Waals surface area contributed by atoms with Gasteiger partial charge in [0.2, 0.25) is 6.79 Å². The number of rotatable bonds is 2. The van der Waals surface area contributed by atoms with Crippen LogP contribution in [-0.4, -0.2) is 64.9 Å². The fraction of sp³-hybridized carbons (Fsp3) is 0.409. The van der Waals surface area contributed by atoms with Crippen LogP contribution in [-0.2, 0) is 0 Å². The van der Waals surface area contributed by atoms with E-state index in [1.54, 1.807) is 0 Å². The molecule has 0 aliphatic carbocycles. The van der Waals surface area contributed by atoms with Crippen molar-refractivity contribution in [3.8, 4) is 22.8 Å². The number of aryl methyl sites for hydroxylation is 1. The molecule has 0 unspecified atom stereocenters. The van der Waals surface area contributed by atoms with Crippen LogP contribution < -0.4 is 9.47 Å². The number of piperazine rings is 1. The molecule has 0 N–H and O–H groups in total. The number of fused-ring (bicyclic) bond motifs is 3. The van der Waals surface area contributed by atoms with Gasteiger partial charge in [0.25, 0.3) is 11.6 Å². The van der Waals surface area contributed by atoms with Gasteiger partial charge in [0.05, 0.1) is 10.9 Å². The number of ether oxygens (including phenoxy) is 2. The van der Waals surface area contributed by atoms with Crippen LogP contribution in [0.4, 0.5) is 0 Å². The highest BCUT2D eigenvalue weighted by atomic mass is 16.7. The molecule has 1 atom stereocenters. The van der Waals surface area contributed by atoms with Crippen molar-refractivity contribution in [3.05, 3.63) is 35.5 Å². The van der Waals surface area contributed by atoms with Crippen LogP contribution in [0.15, 0.2) is 28.8 Å². The zero-order valence-corrected chi connectivity index (χ0v) is 16.8. The second-order valence-electron chi connectivity index (χ2n) is 8.17. The summed E-state index contributed by atoms with van der Waals surface area (Å²) in [6, 6.07) is 7.93. The summed E-state index contributed by atoms with van der Waals surface area (Å²) in [4.78, 5) is 22.5. The summed E-state index contributed by atoms with van der Waals surface area (Å²) in [7, 11) is 0. The molecular weight excluding hydrogens is 384 g/mol. The predicted octanol–water partition coefficient (Wildman–Crippen LogP) is 2.85. The van der Waals surface area contributed by atoms with Crippen molar-refractivity contribution in [2.75, 3.05) is 33.0 Å². The van der Waals surface area contributed by atoms with Gasteiger partial charge in [-0.25, -0.2) is 4.98 Å². The van der Waals surface area contributed by atoms with Gasteiger partial charge in [-0.2, -0.15) is 0 Å². The lowest BCUT2D eigenvalue weighted by Gasteiger charge is -2.37. The largest absolute Gasteiger partial charge is 0.454 e. The van der Waals surface area contributed by atoms with Gasteiger partial charge in [-0.3, -0.25) is 9.69 Å². The zero-order chi connectivity index (χ0) is 20.2. The average molecular weight is 406 g/mol. The number of carbonyl (C=O) groups is 1. The van der Waals surface area contributed by atoms with Crippen molar-refractivity contribution in [2.45, 2.75) is 25.8 Å². The van der Waals surface area contributed by atoms with Crippen molar-refractivity contribution in [3.63, 3.8) is 0 Å². The standard InChI is InChI=1S/C22H22N4O4/c1-13-9-16(22(27)26-8-7-25-6-2-3-15(25)11-26)19-20(24-30-21(19)23-13)14-4-5-17-18(10-14)29-12-28-17/h4-5,9-10,15H,2-3,6-8,11-12H2,1H3/t15-/m0/s1. The Kier molecular flexibility index (Phi) is 3.95. The van der Waals surface area contributed by atoms with Crippen LogP contribution in [0.1, 0.15) is 28.9 Å². The minimum Gasteiger partial charge on any atom is -0.454 e. The maximum absolute atomic E-state index is 13.6. The van der Waals surface area contributed by atoms with Gasteiger partial charge in [-0.15, -0.1) is 0 Å². The Hall–Kier alpha value is -3.13. The molecule has 5 heterocycles. The Morgan fingerprint density at radius 2 is 2.03 bits per heavy atom. The quantitative estimate of drug-likeness (QED) is 0.647. The highest BCUT2D eigenvalue weighted by molar-refractivity contribution is 6.09. The van der Waals surface area contributed by atoms with Crippen LogP contribution in [0.3, 0.4) is 0 Å². The first-order valence-corrected chi connectivity index (χ1v) is 10.4. The first-order valence-electron chi connectivity index (χ1n) is 10.4. The molecule has 3 aliphatic rings. The minimum absolute atomic E-state index is 0.0160. The molecule has 1 amide bonds. The second kappa shape index (κ2) is 6.70. The summed E-state index contributed by atoms with van der Waals surface area (Å²) >= 11 is 0. The molecule has 0 spiro atoms. The van der Waals surface area contributed by atoms with Crippen molar-refractivity contribution < 1.29 is 18.8 Å². The van der Waals surface area contributed by atoms with Gasteiger partial charge in [-0.1, -0.05) is 5.16 Å². The number of benzene rings is 1. The Labute approximate surface area is 173 Å². The number of amides is 1. The van der Waals surface area contributed by atoms with Crippen molar-refractivity contribution in [1.29, 1.82) is 0 Å².